The average molecular weight is 468 g/mol. The van der Waals surface area contributed by atoms with E-state index < -0.39 is 5.91 Å². The number of carbonyl (C=O) groups excluding carboxylic acids is 1. The third-order valence-corrected chi connectivity index (χ3v) is 5.96. The Kier molecular flexibility index (Phi) is 6.32. The second-order valence-electron chi connectivity index (χ2n) is 8.68. The number of anilines is 1. The standard InChI is InChI=1S/C26H29NO7/c1-15-11-20-17(26(2,3)9-10-32-20)14-19(15)34-23-8-7-18(33-23)25(28)27-24-21(30-5)12-16(29-4)13-22(24)31-6/h7-8,11-14H,9-10H2,1-6H3,(H,27,28). The molecule has 1 aromatic heterocycles. The van der Waals surface area contributed by atoms with E-state index in [1.165, 1.54) is 21.3 Å². The van der Waals surface area contributed by atoms with Gasteiger partial charge in [0.15, 0.2) is 5.76 Å². The molecule has 1 amide bonds. The number of hydrogen-bond donors (Lipinski definition) is 1. The summed E-state index contributed by atoms with van der Waals surface area (Å²) >= 11 is 0. The van der Waals surface area contributed by atoms with Crippen molar-refractivity contribution in [1.29, 1.82) is 0 Å². The molecule has 0 radical (unpaired) electrons. The Bertz CT molecular complexity index is 1190. The Morgan fingerprint density at radius 1 is 0.971 bits per heavy atom. The number of benzene rings is 2. The lowest BCUT2D eigenvalue weighted by atomic mass is 9.79. The smallest absolute Gasteiger partial charge is 0.291 e. The van der Waals surface area contributed by atoms with Crippen LogP contribution in [0.2, 0.25) is 0 Å². The van der Waals surface area contributed by atoms with Gasteiger partial charge >= 0.3 is 0 Å². The largest absolute Gasteiger partial charge is 0.496 e. The minimum Gasteiger partial charge on any atom is -0.496 e. The van der Waals surface area contributed by atoms with Crippen molar-refractivity contribution in [2.75, 3.05) is 33.3 Å². The minimum atomic E-state index is -0.478. The summed E-state index contributed by atoms with van der Waals surface area (Å²) in [5.74, 6) is 2.65. The van der Waals surface area contributed by atoms with Gasteiger partial charge in [-0.25, -0.2) is 0 Å². The zero-order valence-electron chi connectivity index (χ0n) is 20.2. The van der Waals surface area contributed by atoms with Crippen LogP contribution < -0.4 is 29.0 Å². The Morgan fingerprint density at radius 3 is 2.32 bits per heavy atom. The van der Waals surface area contributed by atoms with E-state index in [-0.39, 0.29) is 17.1 Å². The summed E-state index contributed by atoms with van der Waals surface area (Å²) in [4.78, 5) is 12.9. The first-order chi connectivity index (χ1) is 16.2. The molecular formula is C26H29NO7. The van der Waals surface area contributed by atoms with Crippen LogP contribution in [0.3, 0.4) is 0 Å². The highest BCUT2D eigenvalue weighted by Crippen LogP contribution is 2.43. The maximum absolute atomic E-state index is 12.9. The van der Waals surface area contributed by atoms with Crippen molar-refractivity contribution < 1.29 is 32.9 Å². The van der Waals surface area contributed by atoms with Gasteiger partial charge in [-0.3, -0.25) is 4.79 Å². The van der Waals surface area contributed by atoms with Gasteiger partial charge in [0.2, 0.25) is 0 Å². The van der Waals surface area contributed by atoms with Crippen molar-refractivity contribution in [3.05, 3.63) is 53.3 Å². The highest BCUT2D eigenvalue weighted by molar-refractivity contribution is 6.04. The van der Waals surface area contributed by atoms with Crippen LogP contribution in [-0.2, 0) is 5.41 Å². The van der Waals surface area contributed by atoms with E-state index in [0.29, 0.717) is 35.3 Å². The van der Waals surface area contributed by atoms with Crippen LogP contribution in [0.25, 0.3) is 0 Å². The molecule has 1 aliphatic heterocycles. The highest BCUT2D eigenvalue weighted by Gasteiger charge is 2.30. The number of rotatable bonds is 7. The van der Waals surface area contributed by atoms with E-state index in [1.807, 2.05) is 19.1 Å². The van der Waals surface area contributed by atoms with E-state index >= 15 is 0 Å². The fraction of sp³-hybridized carbons (Fsp3) is 0.346. The Labute approximate surface area is 198 Å². The van der Waals surface area contributed by atoms with E-state index in [4.69, 9.17) is 28.1 Å². The van der Waals surface area contributed by atoms with Crippen LogP contribution in [0.4, 0.5) is 5.69 Å². The van der Waals surface area contributed by atoms with Crippen LogP contribution in [0.15, 0.2) is 40.8 Å². The van der Waals surface area contributed by atoms with Gasteiger partial charge in [-0.1, -0.05) is 13.8 Å². The molecule has 34 heavy (non-hydrogen) atoms. The number of methoxy groups -OCH3 is 3. The summed E-state index contributed by atoms with van der Waals surface area (Å²) in [5, 5.41) is 2.78. The van der Waals surface area contributed by atoms with E-state index in [0.717, 1.165) is 23.3 Å². The second kappa shape index (κ2) is 9.21. The Morgan fingerprint density at radius 2 is 1.68 bits per heavy atom. The third kappa shape index (κ3) is 4.48. The predicted octanol–water partition coefficient (Wildman–Crippen LogP) is 5.72. The zero-order valence-corrected chi connectivity index (χ0v) is 20.2. The van der Waals surface area contributed by atoms with Gasteiger partial charge in [-0.2, -0.15) is 0 Å². The monoisotopic (exact) mass is 467 g/mol. The molecule has 0 saturated carbocycles. The maximum atomic E-state index is 12.9. The van der Waals surface area contributed by atoms with E-state index in [9.17, 15) is 4.79 Å². The fourth-order valence-corrected chi connectivity index (χ4v) is 3.88. The van der Waals surface area contributed by atoms with Crippen molar-refractivity contribution in [2.45, 2.75) is 32.6 Å². The van der Waals surface area contributed by atoms with Crippen molar-refractivity contribution in [3.8, 4) is 34.7 Å². The summed E-state index contributed by atoms with van der Waals surface area (Å²) in [5.41, 5.74) is 2.33. The number of ether oxygens (including phenoxy) is 5. The molecule has 4 rings (SSSR count). The zero-order chi connectivity index (χ0) is 24.5. The molecule has 8 heteroatoms. The Balaban J connectivity index is 1.56. The van der Waals surface area contributed by atoms with Gasteiger partial charge in [0.05, 0.1) is 27.9 Å². The van der Waals surface area contributed by atoms with Gasteiger partial charge in [0.25, 0.3) is 11.9 Å². The van der Waals surface area contributed by atoms with Gasteiger partial charge in [-0.15, -0.1) is 0 Å². The van der Waals surface area contributed by atoms with E-state index in [1.54, 1.807) is 24.3 Å². The number of hydrogen-bond acceptors (Lipinski definition) is 7. The topological polar surface area (TPSA) is 88.4 Å². The first-order valence-electron chi connectivity index (χ1n) is 10.9. The molecule has 0 saturated heterocycles. The number of fused-ring (bicyclic) bond motifs is 1. The number of nitrogens with one attached hydrogen (secondary N) is 1. The molecule has 0 atom stereocenters. The molecule has 2 heterocycles. The number of carbonyl (C=O) groups is 1. The molecule has 8 nitrogen and oxygen atoms in total. The molecule has 0 aliphatic carbocycles. The molecule has 2 aromatic carbocycles. The first kappa shape index (κ1) is 23.4. The van der Waals surface area contributed by atoms with Crippen molar-refractivity contribution in [2.24, 2.45) is 0 Å². The van der Waals surface area contributed by atoms with Crippen LogP contribution in [-0.4, -0.2) is 33.8 Å². The molecule has 0 unspecified atom stereocenters. The van der Waals surface area contributed by atoms with Gasteiger partial charge < -0.3 is 33.4 Å². The third-order valence-electron chi connectivity index (χ3n) is 5.96. The number of amides is 1. The quantitative estimate of drug-likeness (QED) is 0.475. The number of furan rings is 1. The lowest BCUT2D eigenvalue weighted by Crippen LogP contribution is -2.26. The molecule has 0 bridgehead atoms. The maximum Gasteiger partial charge on any atom is 0.291 e. The molecule has 3 aromatic rings. The normalized spacial score (nSPS) is 13.9. The van der Waals surface area contributed by atoms with E-state index in [2.05, 4.69) is 19.2 Å². The van der Waals surface area contributed by atoms with Crippen LogP contribution >= 0.6 is 0 Å². The predicted molar refractivity (Wildman–Crippen MR) is 127 cm³/mol. The lowest BCUT2D eigenvalue weighted by Gasteiger charge is -2.33. The van der Waals surface area contributed by atoms with Gasteiger partial charge in [-0.05, 0) is 42.5 Å². The summed E-state index contributed by atoms with van der Waals surface area (Å²) < 4.78 is 33.5. The second-order valence-corrected chi connectivity index (χ2v) is 8.68. The average Bonchev–Trinajstić information content (AvgIpc) is 3.28. The summed E-state index contributed by atoms with van der Waals surface area (Å²) in [6.45, 7) is 7.01. The fourth-order valence-electron chi connectivity index (χ4n) is 3.88. The van der Waals surface area contributed by atoms with Crippen LogP contribution in [0.5, 0.6) is 34.7 Å². The molecular weight excluding hydrogens is 438 g/mol. The first-order valence-corrected chi connectivity index (χ1v) is 10.9. The molecule has 0 spiro atoms. The SMILES string of the molecule is COc1cc(OC)c(NC(=O)c2ccc(Oc3cc4c(cc3C)OCCC4(C)C)o2)c(OC)c1. The summed E-state index contributed by atoms with van der Waals surface area (Å²) in [6, 6.07) is 10.4. The molecule has 1 N–H and O–H groups in total. The van der Waals surface area contributed by atoms with Crippen molar-refractivity contribution in [1.82, 2.24) is 0 Å². The highest BCUT2D eigenvalue weighted by atomic mass is 16.6. The minimum absolute atomic E-state index is 0.0237. The molecule has 0 fully saturated rings. The lowest BCUT2D eigenvalue weighted by molar-refractivity contribution is 0.0991. The van der Waals surface area contributed by atoms with Crippen LogP contribution in [0.1, 0.15) is 41.9 Å². The summed E-state index contributed by atoms with van der Waals surface area (Å²) in [6.07, 6.45) is 0.922. The van der Waals surface area contributed by atoms with Gasteiger partial charge in [0.1, 0.15) is 34.4 Å². The Hall–Kier alpha value is -3.81. The van der Waals surface area contributed by atoms with Crippen molar-refractivity contribution in [3.63, 3.8) is 0 Å². The summed E-state index contributed by atoms with van der Waals surface area (Å²) in [7, 11) is 4.53. The van der Waals surface area contributed by atoms with Gasteiger partial charge in [0, 0.05) is 23.8 Å². The molecule has 180 valence electrons. The molecule has 1 aliphatic rings. The number of aryl methyl sites for hydroxylation is 1. The van der Waals surface area contributed by atoms with Crippen LogP contribution in [0, 0.1) is 6.92 Å². The van der Waals surface area contributed by atoms with Crippen molar-refractivity contribution >= 4 is 11.6 Å².